The van der Waals surface area contributed by atoms with Crippen LogP contribution in [0, 0.1) is 29.1 Å². The van der Waals surface area contributed by atoms with E-state index in [2.05, 4.69) is 20.5 Å². The Morgan fingerprint density at radius 1 is 1.00 bits per heavy atom. The molecule has 206 valence electrons. The largest absolute Gasteiger partial charge is 0.496 e. The molecule has 0 spiro atoms. The van der Waals surface area contributed by atoms with Crippen LogP contribution in [0.25, 0.3) is 16.9 Å². The molecule has 5 aromatic rings. The van der Waals surface area contributed by atoms with Gasteiger partial charge >= 0.3 is 0 Å². The van der Waals surface area contributed by atoms with Crippen molar-refractivity contribution in [1.29, 1.82) is 0 Å². The molecular weight excluding hydrogens is 549 g/mol. The third-order valence-corrected chi connectivity index (χ3v) is 5.85. The van der Waals surface area contributed by atoms with Crippen molar-refractivity contribution in [2.24, 2.45) is 0 Å². The van der Waals surface area contributed by atoms with Crippen LogP contribution in [0.4, 0.5) is 36.6 Å². The van der Waals surface area contributed by atoms with Crippen molar-refractivity contribution >= 4 is 17.4 Å². The lowest BCUT2D eigenvalue weighted by atomic mass is 10.1. The second-order valence-electron chi connectivity index (χ2n) is 8.26. The number of rotatable bonds is 7. The molecule has 40 heavy (non-hydrogen) atoms. The van der Waals surface area contributed by atoms with E-state index in [1.807, 2.05) is 0 Å². The summed E-state index contributed by atoms with van der Waals surface area (Å²) in [6.07, 6.45) is -0.842. The number of benzene rings is 2. The molecule has 0 fully saturated rings. The SMILES string of the molecule is COc1ccccc1-c1cc(C(F)F)n2ncc(C(=O)Nc3ccn(Cc4c(F)c(F)c(F)c(F)c4F)n3)c2n1. The molecule has 0 bridgehead atoms. The highest BCUT2D eigenvalue weighted by atomic mass is 19.3. The second kappa shape index (κ2) is 10.3. The summed E-state index contributed by atoms with van der Waals surface area (Å²) in [5, 5.41) is 10.1. The Hall–Kier alpha value is -4.95. The number of halogens is 7. The monoisotopic (exact) mass is 564 g/mol. The predicted octanol–water partition coefficient (Wildman–Crippen LogP) is 5.54. The molecule has 0 aliphatic carbocycles. The molecule has 0 unspecified atom stereocenters. The summed E-state index contributed by atoms with van der Waals surface area (Å²) >= 11 is 0. The van der Waals surface area contributed by atoms with Gasteiger partial charge in [-0.05, 0) is 18.2 Å². The van der Waals surface area contributed by atoms with E-state index in [9.17, 15) is 35.5 Å². The van der Waals surface area contributed by atoms with Crippen LogP contribution in [-0.4, -0.2) is 37.4 Å². The van der Waals surface area contributed by atoms with Crippen LogP contribution in [0.3, 0.4) is 0 Å². The van der Waals surface area contributed by atoms with Gasteiger partial charge in [-0.1, -0.05) is 12.1 Å². The van der Waals surface area contributed by atoms with E-state index in [1.54, 1.807) is 24.3 Å². The van der Waals surface area contributed by atoms with E-state index < -0.39 is 59.2 Å². The minimum absolute atomic E-state index is 0.0851. The quantitative estimate of drug-likeness (QED) is 0.160. The number of amides is 1. The van der Waals surface area contributed by atoms with Crippen LogP contribution in [0.5, 0.6) is 5.75 Å². The zero-order chi connectivity index (χ0) is 28.7. The van der Waals surface area contributed by atoms with Crippen LogP contribution >= 0.6 is 0 Å². The van der Waals surface area contributed by atoms with E-state index in [0.717, 1.165) is 27.7 Å². The molecule has 1 amide bonds. The van der Waals surface area contributed by atoms with Crippen LogP contribution < -0.4 is 10.1 Å². The molecule has 0 aliphatic heterocycles. The van der Waals surface area contributed by atoms with E-state index >= 15 is 0 Å². The Labute approximate surface area is 219 Å². The van der Waals surface area contributed by atoms with E-state index in [4.69, 9.17) is 4.74 Å². The molecule has 0 radical (unpaired) electrons. The predicted molar refractivity (Wildman–Crippen MR) is 125 cm³/mol. The third-order valence-electron chi connectivity index (χ3n) is 5.85. The highest BCUT2D eigenvalue weighted by Crippen LogP contribution is 2.32. The lowest BCUT2D eigenvalue weighted by molar-refractivity contribution is 0.102. The number of nitrogens with one attached hydrogen (secondary N) is 1. The summed E-state index contributed by atoms with van der Waals surface area (Å²) in [6.45, 7) is -0.847. The number of aromatic nitrogens is 5. The summed E-state index contributed by atoms with van der Waals surface area (Å²) in [5.41, 5.74) is -1.63. The number of nitrogens with zero attached hydrogens (tertiary/aromatic N) is 5. The van der Waals surface area contributed by atoms with Gasteiger partial charge in [0.2, 0.25) is 5.82 Å². The topological polar surface area (TPSA) is 86.3 Å². The Morgan fingerprint density at radius 3 is 2.35 bits per heavy atom. The highest BCUT2D eigenvalue weighted by molar-refractivity contribution is 6.07. The first kappa shape index (κ1) is 26.6. The molecule has 5 rings (SSSR count). The summed E-state index contributed by atoms with van der Waals surface area (Å²) in [4.78, 5) is 17.4. The van der Waals surface area contributed by atoms with Gasteiger partial charge < -0.3 is 10.1 Å². The Balaban J connectivity index is 1.46. The van der Waals surface area contributed by atoms with E-state index in [-0.39, 0.29) is 22.7 Å². The lowest BCUT2D eigenvalue weighted by Crippen LogP contribution is -2.14. The first-order valence-electron chi connectivity index (χ1n) is 11.3. The molecular formula is C25H15F7N6O2. The summed E-state index contributed by atoms with van der Waals surface area (Å²) in [7, 11) is 1.40. The normalized spacial score (nSPS) is 11.4. The number of ether oxygens (including phenoxy) is 1. The van der Waals surface area contributed by atoms with Crippen LogP contribution in [0.15, 0.2) is 48.8 Å². The van der Waals surface area contributed by atoms with Gasteiger partial charge in [-0.3, -0.25) is 9.48 Å². The smallest absolute Gasteiger partial charge is 0.280 e. The van der Waals surface area contributed by atoms with Crippen molar-refractivity contribution in [3.05, 3.63) is 94.7 Å². The van der Waals surface area contributed by atoms with Crippen molar-refractivity contribution < 1.29 is 40.3 Å². The van der Waals surface area contributed by atoms with Crippen molar-refractivity contribution in [2.75, 3.05) is 12.4 Å². The molecule has 1 N–H and O–H groups in total. The molecule has 8 nitrogen and oxygen atoms in total. The Kier molecular flexibility index (Phi) is 6.87. The number of hydrogen-bond acceptors (Lipinski definition) is 5. The average molecular weight is 564 g/mol. The molecule has 15 heteroatoms. The molecule has 0 aliphatic rings. The first-order chi connectivity index (χ1) is 19.1. The number of carbonyl (C=O) groups is 1. The number of carbonyl (C=O) groups excluding carboxylic acids is 1. The Morgan fingerprint density at radius 2 is 1.68 bits per heavy atom. The maximum absolute atomic E-state index is 14.0. The van der Waals surface area contributed by atoms with Gasteiger partial charge in [-0.15, -0.1) is 0 Å². The van der Waals surface area contributed by atoms with Crippen molar-refractivity contribution in [1.82, 2.24) is 24.4 Å². The fraction of sp³-hybridized carbons (Fsp3) is 0.120. The number of alkyl halides is 2. The number of methoxy groups -OCH3 is 1. The molecule has 3 heterocycles. The molecule has 3 aromatic heterocycles. The third kappa shape index (κ3) is 4.58. The standard InChI is InChI=1S/C25H15F7N6O2/c1-40-16-5-3-2-4-11(16)14-8-15(23(31)32)38-24(34-14)12(9-33-38)25(39)35-17-6-7-37(36-17)10-13-18(26)20(28)22(30)21(29)19(13)27/h2-9,23H,10H2,1H3,(H,35,36,39). The zero-order valence-electron chi connectivity index (χ0n) is 20.1. The number of para-hydroxylation sites is 1. The molecule has 2 aromatic carbocycles. The van der Waals surface area contributed by atoms with Gasteiger partial charge in [-0.2, -0.15) is 10.2 Å². The maximum Gasteiger partial charge on any atom is 0.280 e. The fourth-order valence-electron chi connectivity index (χ4n) is 3.95. The molecule has 0 saturated carbocycles. The minimum atomic E-state index is -2.98. The summed E-state index contributed by atoms with van der Waals surface area (Å²) < 4.78 is 103. The summed E-state index contributed by atoms with van der Waals surface area (Å²) in [6, 6.07) is 8.84. The number of hydrogen-bond donors (Lipinski definition) is 1. The fourth-order valence-corrected chi connectivity index (χ4v) is 3.95. The van der Waals surface area contributed by atoms with E-state index in [0.29, 0.717) is 11.3 Å². The van der Waals surface area contributed by atoms with Crippen LogP contribution in [0.1, 0.15) is 28.0 Å². The van der Waals surface area contributed by atoms with Crippen molar-refractivity contribution in [3.8, 4) is 17.0 Å². The Bertz CT molecular complexity index is 1740. The summed E-state index contributed by atoms with van der Waals surface area (Å²) in [5.74, 6) is -11.2. The van der Waals surface area contributed by atoms with Crippen molar-refractivity contribution in [3.63, 3.8) is 0 Å². The van der Waals surface area contributed by atoms with Gasteiger partial charge in [0.05, 0.1) is 31.1 Å². The van der Waals surface area contributed by atoms with Gasteiger partial charge in [0, 0.05) is 17.8 Å². The van der Waals surface area contributed by atoms with E-state index in [1.165, 1.54) is 13.2 Å². The van der Waals surface area contributed by atoms with Crippen molar-refractivity contribution in [2.45, 2.75) is 13.0 Å². The van der Waals surface area contributed by atoms with Gasteiger partial charge in [0.1, 0.15) is 17.0 Å². The zero-order valence-corrected chi connectivity index (χ0v) is 20.1. The minimum Gasteiger partial charge on any atom is -0.496 e. The first-order valence-corrected chi connectivity index (χ1v) is 11.3. The van der Waals surface area contributed by atoms with Crippen LogP contribution in [-0.2, 0) is 6.54 Å². The number of anilines is 1. The molecule has 0 saturated heterocycles. The number of fused-ring (bicyclic) bond motifs is 1. The van der Waals surface area contributed by atoms with Gasteiger partial charge in [0.15, 0.2) is 34.7 Å². The van der Waals surface area contributed by atoms with Crippen LogP contribution in [0.2, 0.25) is 0 Å². The average Bonchev–Trinajstić information content (AvgIpc) is 3.59. The molecule has 0 atom stereocenters. The lowest BCUT2D eigenvalue weighted by Gasteiger charge is -2.11. The maximum atomic E-state index is 14.0. The highest BCUT2D eigenvalue weighted by Gasteiger charge is 2.26. The second-order valence-corrected chi connectivity index (χ2v) is 8.26. The van der Waals surface area contributed by atoms with Gasteiger partial charge in [0.25, 0.3) is 12.3 Å². The van der Waals surface area contributed by atoms with Gasteiger partial charge in [-0.25, -0.2) is 40.2 Å².